The molecule has 94 valence electrons. The lowest BCUT2D eigenvalue weighted by Gasteiger charge is -2.30. The molecule has 1 aromatic heterocycles. The predicted octanol–water partition coefficient (Wildman–Crippen LogP) is 0.456. The summed E-state index contributed by atoms with van der Waals surface area (Å²) in [5.74, 6) is 0.471. The van der Waals surface area contributed by atoms with Gasteiger partial charge in [-0.05, 0) is 32.4 Å². The highest BCUT2D eigenvalue weighted by atomic mass is 16.1. The minimum atomic E-state index is -0.00523. The molecule has 1 amide bonds. The van der Waals surface area contributed by atoms with Crippen LogP contribution >= 0.6 is 0 Å². The number of carbonyl (C=O) groups is 1. The first-order valence-corrected chi connectivity index (χ1v) is 6.09. The molecule has 1 saturated heterocycles. The van der Waals surface area contributed by atoms with E-state index in [1.54, 1.807) is 10.9 Å². The van der Waals surface area contributed by atoms with Gasteiger partial charge in [0.2, 0.25) is 0 Å². The largest absolute Gasteiger partial charge is 0.349 e. The monoisotopic (exact) mass is 236 g/mol. The van der Waals surface area contributed by atoms with Gasteiger partial charge < -0.3 is 10.6 Å². The van der Waals surface area contributed by atoms with Crippen LogP contribution in [0.1, 0.15) is 29.4 Å². The number of nitrogens with one attached hydrogen (secondary N) is 2. The topological polar surface area (TPSA) is 59.0 Å². The van der Waals surface area contributed by atoms with E-state index in [1.807, 2.05) is 14.0 Å². The van der Waals surface area contributed by atoms with Crippen molar-refractivity contribution in [3.8, 4) is 0 Å². The number of carbonyl (C=O) groups excluding carboxylic acids is 1. The zero-order chi connectivity index (χ0) is 12.4. The number of hydrogen-bond acceptors (Lipinski definition) is 3. The van der Waals surface area contributed by atoms with E-state index in [1.165, 1.54) is 0 Å². The van der Waals surface area contributed by atoms with Crippen molar-refractivity contribution >= 4 is 5.91 Å². The molecule has 2 rings (SSSR count). The van der Waals surface area contributed by atoms with Gasteiger partial charge in [-0.3, -0.25) is 9.48 Å². The molecule has 5 nitrogen and oxygen atoms in total. The Kier molecular flexibility index (Phi) is 3.47. The molecule has 2 atom stereocenters. The molecule has 0 saturated carbocycles. The van der Waals surface area contributed by atoms with Gasteiger partial charge in [0.1, 0.15) is 0 Å². The second kappa shape index (κ2) is 4.87. The first-order chi connectivity index (χ1) is 8.09. The van der Waals surface area contributed by atoms with Gasteiger partial charge >= 0.3 is 0 Å². The van der Waals surface area contributed by atoms with Crippen LogP contribution in [0.2, 0.25) is 0 Å². The maximum absolute atomic E-state index is 12.1. The molecule has 5 heteroatoms. The van der Waals surface area contributed by atoms with Crippen molar-refractivity contribution in [3.05, 3.63) is 17.5 Å². The number of rotatable bonds is 2. The van der Waals surface area contributed by atoms with Crippen LogP contribution < -0.4 is 10.6 Å². The number of amides is 1. The molecule has 0 aromatic carbocycles. The highest BCUT2D eigenvalue weighted by molar-refractivity contribution is 5.95. The predicted molar refractivity (Wildman–Crippen MR) is 65.8 cm³/mol. The van der Waals surface area contributed by atoms with Gasteiger partial charge in [-0.2, -0.15) is 5.10 Å². The summed E-state index contributed by atoms with van der Waals surface area (Å²) in [6.07, 6.45) is 2.63. The Morgan fingerprint density at radius 2 is 2.41 bits per heavy atom. The van der Waals surface area contributed by atoms with Crippen LogP contribution in [-0.2, 0) is 7.05 Å². The van der Waals surface area contributed by atoms with Gasteiger partial charge in [-0.1, -0.05) is 6.92 Å². The minimum Gasteiger partial charge on any atom is -0.349 e. The smallest absolute Gasteiger partial charge is 0.254 e. The second-order valence-corrected chi connectivity index (χ2v) is 4.82. The molecule has 0 bridgehead atoms. The normalized spacial score (nSPS) is 24.6. The number of aromatic nitrogens is 2. The fraction of sp³-hybridized carbons (Fsp3) is 0.667. The van der Waals surface area contributed by atoms with Gasteiger partial charge in [0.25, 0.3) is 5.91 Å². The first-order valence-electron chi connectivity index (χ1n) is 6.09. The summed E-state index contributed by atoms with van der Waals surface area (Å²) < 4.78 is 1.72. The van der Waals surface area contributed by atoms with Gasteiger partial charge in [0.05, 0.1) is 11.8 Å². The Labute approximate surface area is 102 Å². The van der Waals surface area contributed by atoms with Crippen LogP contribution in [0.5, 0.6) is 0 Å². The number of nitrogens with zero attached hydrogens (tertiary/aromatic N) is 2. The standard InChI is InChI=1S/C12H20N4O/c1-8-6-13-5-4-11(8)15-12(17)10-7-14-16(3)9(10)2/h7-8,11,13H,4-6H2,1-3H3,(H,15,17). The Balaban J connectivity index is 2.03. The van der Waals surface area contributed by atoms with Gasteiger partial charge in [0, 0.05) is 18.8 Å². The molecular weight excluding hydrogens is 216 g/mol. The van der Waals surface area contributed by atoms with Crippen molar-refractivity contribution in [1.29, 1.82) is 0 Å². The van der Waals surface area contributed by atoms with E-state index < -0.39 is 0 Å². The second-order valence-electron chi connectivity index (χ2n) is 4.82. The first kappa shape index (κ1) is 12.1. The summed E-state index contributed by atoms with van der Waals surface area (Å²) in [7, 11) is 1.85. The SMILES string of the molecule is Cc1c(C(=O)NC2CCNCC2C)cnn1C. The Morgan fingerprint density at radius 3 is 3.00 bits per heavy atom. The molecule has 0 spiro atoms. The Hall–Kier alpha value is -1.36. The molecule has 17 heavy (non-hydrogen) atoms. The zero-order valence-electron chi connectivity index (χ0n) is 10.7. The summed E-state index contributed by atoms with van der Waals surface area (Å²) in [6.45, 7) is 6.01. The van der Waals surface area contributed by atoms with Crippen molar-refractivity contribution in [3.63, 3.8) is 0 Å². The van der Waals surface area contributed by atoms with E-state index in [2.05, 4.69) is 22.7 Å². The average molecular weight is 236 g/mol. The lowest BCUT2D eigenvalue weighted by Crippen LogP contribution is -2.48. The third kappa shape index (κ3) is 2.49. The fourth-order valence-electron chi connectivity index (χ4n) is 2.20. The van der Waals surface area contributed by atoms with Gasteiger partial charge in [-0.25, -0.2) is 0 Å². The lowest BCUT2D eigenvalue weighted by atomic mass is 9.95. The molecule has 2 heterocycles. The van der Waals surface area contributed by atoms with Crippen LogP contribution in [0, 0.1) is 12.8 Å². The summed E-state index contributed by atoms with van der Waals surface area (Å²) in [5.41, 5.74) is 1.59. The summed E-state index contributed by atoms with van der Waals surface area (Å²) in [6, 6.07) is 0.267. The summed E-state index contributed by atoms with van der Waals surface area (Å²) >= 11 is 0. The maximum Gasteiger partial charge on any atom is 0.254 e. The van der Waals surface area contributed by atoms with Crippen LogP contribution in [0.15, 0.2) is 6.20 Å². The molecule has 0 aliphatic carbocycles. The number of piperidine rings is 1. The molecule has 0 radical (unpaired) electrons. The van der Waals surface area contributed by atoms with Crippen LogP contribution in [0.25, 0.3) is 0 Å². The summed E-state index contributed by atoms with van der Waals surface area (Å²) in [5, 5.41) is 10.5. The maximum atomic E-state index is 12.1. The number of hydrogen-bond donors (Lipinski definition) is 2. The van der Waals surface area contributed by atoms with Crippen molar-refractivity contribution in [2.24, 2.45) is 13.0 Å². The van der Waals surface area contributed by atoms with Crippen molar-refractivity contribution < 1.29 is 4.79 Å². The van der Waals surface area contributed by atoms with E-state index in [9.17, 15) is 4.79 Å². The molecule has 2 N–H and O–H groups in total. The van der Waals surface area contributed by atoms with E-state index in [4.69, 9.17) is 0 Å². The fourth-order valence-corrected chi connectivity index (χ4v) is 2.20. The molecule has 1 aromatic rings. The third-order valence-corrected chi connectivity index (χ3v) is 3.58. The molecule has 2 unspecified atom stereocenters. The zero-order valence-corrected chi connectivity index (χ0v) is 10.7. The van der Waals surface area contributed by atoms with Crippen molar-refractivity contribution in [1.82, 2.24) is 20.4 Å². The van der Waals surface area contributed by atoms with Crippen LogP contribution in [-0.4, -0.2) is 34.8 Å². The Bertz CT molecular complexity index is 413. The van der Waals surface area contributed by atoms with E-state index in [-0.39, 0.29) is 11.9 Å². The van der Waals surface area contributed by atoms with Crippen LogP contribution in [0.3, 0.4) is 0 Å². The third-order valence-electron chi connectivity index (χ3n) is 3.58. The molecule has 1 fully saturated rings. The highest BCUT2D eigenvalue weighted by Gasteiger charge is 2.24. The molecule has 1 aliphatic rings. The van der Waals surface area contributed by atoms with Crippen LogP contribution in [0.4, 0.5) is 0 Å². The van der Waals surface area contributed by atoms with E-state index in [0.29, 0.717) is 11.5 Å². The summed E-state index contributed by atoms with van der Waals surface area (Å²) in [4.78, 5) is 12.1. The van der Waals surface area contributed by atoms with E-state index in [0.717, 1.165) is 25.2 Å². The quantitative estimate of drug-likeness (QED) is 0.784. The minimum absolute atomic E-state index is 0.00523. The highest BCUT2D eigenvalue weighted by Crippen LogP contribution is 2.12. The van der Waals surface area contributed by atoms with E-state index >= 15 is 0 Å². The average Bonchev–Trinajstić information content (AvgIpc) is 2.63. The Morgan fingerprint density at radius 1 is 1.65 bits per heavy atom. The lowest BCUT2D eigenvalue weighted by molar-refractivity contribution is 0.0913. The molecular formula is C12H20N4O. The van der Waals surface area contributed by atoms with Gasteiger partial charge in [-0.15, -0.1) is 0 Å². The van der Waals surface area contributed by atoms with Gasteiger partial charge in [0.15, 0.2) is 0 Å². The number of aryl methyl sites for hydroxylation is 1. The van der Waals surface area contributed by atoms with Crippen molar-refractivity contribution in [2.45, 2.75) is 26.3 Å². The van der Waals surface area contributed by atoms with Crippen molar-refractivity contribution in [2.75, 3.05) is 13.1 Å². The molecule has 1 aliphatic heterocycles.